The van der Waals surface area contributed by atoms with Crippen molar-refractivity contribution < 1.29 is 37.2 Å². The number of nitro benzene ring substituents is 1. The number of hydrogen-bond acceptors (Lipinski definition) is 7. The van der Waals surface area contributed by atoms with Crippen LogP contribution in [0.1, 0.15) is 21.5 Å². The molecule has 1 aliphatic rings. The van der Waals surface area contributed by atoms with Crippen LogP contribution in [-0.4, -0.2) is 33.7 Å². The third kappa shape index (κ3) is 3.96. The molecule has 2 aromatic heterocycles. The number of alkyl halides is 3. The molecule has 13 heteroatoms. The van der Waals surface area contributed by atoms with E-state index >= 15 is 0 Å². The molecule has 3 atom stereocenters. The van der Waals surface area contributed by atoms with Crippen LogP contribution in [0.4, 0.5) is 23.7 Å². The van der Waals surface area contributed by atoms with Gasteiger partial charge in [0.05, 0.1) is 9.80 Å². The van der Waals surface area contributed by atoms with Crippen molar-refractivity contribution in [1.82, 2.24) is 10.6 Å². The molecule has 3 aromatic rings. The first-order valence-corrected chi connectivity index (χ1v) is 10.2. The molecular weight excluding hydrogens is 467 g/mol. The van der Waals surface area contributed by atoms with Crippen LogP contribution in [0.3, 0.4) is 0 Å². The first-order valence-electron chi connectivity index (χ1n) is 9.31. The predicted octanol–water partition coefficient (Wildman–Crippen LogP) is 4.02. The molecule has 33 heavy (non-hydrogen) atoms. The quantitative estimate of drug-likeness (QED) is 0.286. The molecule has 1 aromatic carbocycles. The summed E-state index contributed by atoms with van der Waals surface area (Å²) in [4.78, 5) is 35.4. The second-order valence-electron chi connectivity index (χ2n) is 7.17. The van der Waals surface area contributed by atoms with E-state index in [-0.39, 0.29) is 27.6 Å². The van der Waals surface area contributed by atoms with Crippen LogP contribution in [0, 0.1) is 16.0 Å². The number of furan rings is 1. The SMILES string of the molecule is O=C1N[C@@H](c2ccc(-c3cccc([N+](=O)[O-])c3)o2)[C@@H](C(=O)c2cccs2)[C@](O)(C(F)(F)F)N1. The highest BCUT2D eigenvalue weighted by atomic mass is 32.1. The number of rotatable bonds is 5. The average Bonchev–Trinajstić information content (AvgIpc) is 3.44. The molecule has 0 radical (unpaired) electrons. The Hall–Kier alpha value is -3.71. The van der Waals surface area contributed by atoms with Gasteiger partial charge in [0, 0.05) is 17.7 Å². The highest BCUT2D eigenvalue weighted by Crippen LogP contribution is 2.45. The number of halogens is 3. The molecule has 1 aliphatic heterocycles. The Morgan fingerprint density at radius 1 is 1.21 bits per heavy atom. The molecule has 9 nitrogen and oxygen atoms in total. The number of nitrogens with one attached hydrogen (secondary N) is 2. The van der Waals surface area contributed by atoms with Gasteiger partial charge in [0.2, 0.25) is 5.72 Å². The van der Waals surface area contributed by atoms with Gasteiger partial charge in [-0.25, -0.2) is 4.79 Å². The Labute approximate surface area is 187 Å². The fourth-order valence-corrected chi connectivity index (χ4v) is 4.30. The van der Waals surface area contributed by atoms with Gasteiger partial charge in [-0.3, -0.25) is 14.9 Å². The lowest BCUT2D eigenvalue weighted by atomic mass is 9.80. The van der Waals surface area contributed by atoms with Crippen molar-refractivity contribution in [3.63, 3.8) is 0 Å². The van der Waals surface area contributed by atoms with Gasteiger partial charge in [-0.05, 0) is 23.6 Å². The number of nitro groups is 1. The third-order valence-electron chi connectivity index (χ3n) is 5.13. The maximum absolute atomic E-state index is 13.9. The number of thiophene rings is 1. The van der Waals surface area contributed by atoms with E-state index in [0.717, 1.165) is 11.3 Å². The minimum Gasteiger partial charge on any atom is -0.459 e. The van der Waals surface area contributed by atoms with Crippen molar-refractivity contribution in [1.29, 1.82) is 0 Å². The zero-order valence-corrected chi connectivity index (χ0v) is 17.1. The summed E-state index contributed by atoms with van der Waals surface area (Å²) in [5.41, 5.74) is -3.86. The lowest BCUT2D eigenvalue weighted by Crippen LogP contribution is -2.72. The number of Topliss-reactive ketones (excluding diaryl/α,β-unsaturated/α-hetero) is 1. The Morgan fingerprint density at radius 3 is 2.61 bits per heavy atom. The Balaban J connectivity index is 1.79. The van der Waals surface area contributed by atoms with E-state index in [1.165, 1.54) is 59.2 Å². The number of aliphatic hydroxyl groups is 1. The van der Waals surface area contributed by atoms with Crippen molar-refractivity contribution in [2.24, 2.45) is 5.92 Å². The maximum atomic E-state index is 13.9. The van der Waals surface area contributed by atoms with Crippen molar-refractivity contribution >= 4 is 28.8 Å². The molecule has 2 amide bonds. The smallest absolute Gasteiger partial charge is 0.437 e. The average molecular weight is 481 g/mol. The molecule has 0 aliphatic carbocycles. The first-order chi connectivity index (χ1) is 15.5. The van der Waals surface area contributed by atoms with Gasteiger partial charge in [-0.15, -0.1) is 11.3 Å². The molecule has 0 unspecified atom stereocenters. The molecular formula is C20H14F3N3O6S. The van der Waals surface area contributed by atoms with Crippen molar-refractivity contribution in [2.75, 3.05) is 0 Å². The van der Waals surface area contributed by atoms with Crippen molar-refractivity contribution in [3.8, 4) is 11.3 Å². The number of ketones is 1. The van der Waals surface area contributed by atoms with E-state index in [0.29, 0.717) is 0 Å². The van der Waals surface area contributed by atoms with Crippen LogP contribution >= 0.6 is 11.3 Å². The summed E-state index contributed by atoms with van der Waals surface area (Å²) in [5, 5.41) is 26.7. The number of amides is 2. The molecule has 3 heterocycles. The topological polar surface area (TPSA) is 135 Å². The lowest BCUT2D eigenvalue weighted by molar-refractivity contribution is -0.384. The van der Waals surface area contributed by atoms with Crippen LogP contribution < -0.4 is 10.6 Å². The van der Waals surface area contributed by atoms with Crippen LogP contribution in [0.5, 0.6) is 0 Å². The summed E-state index contributed by atoms with van der Waals surface area (Å²) in [5.74, 6) is -3.48. The Bertz CT molecular complexity index is 1230. The highest BCUT2D eigenvalue weighted by molar-refractivity contribution is 7.12. The third-order valence-corrected chi connectivity index (χ3v) is 6.01. The maximum Gasteiger partial charge on any atom is 0.437 e. The van der Waals surface area contributed by atoms with Crippen LogP contribution in [0.2, 0.25) is 0 Å². The van der Waals surface area contributed by atoms with E-state index in [4.69, 9.17) is 4.42 Å². The number of non-ortho nitro benzene ring substituents is 1. The Morgan fingerprint density at radius 2 is 1.97 bits per heavy atom. The van der Waals surface area contributed by atoms with Crippen LogP contribution in [0.15, 0.2) is 58.3 Å². The van der Waals surface area contributed by atoms with Crippen LogP contribution in [-0.2, 0) is 0 Å². The standard InChI is InChI=1S/C20H14F3N3O6S/c21-20(22,23)19(29)15(17(27)14-5-2-8-33-14)16(24-18(28)25-19)13-7-6-12(32-13)10-3-1-4-11(9-10)26(30)31/h1-9,15-16,29H,(H2,24,25,28)/t15-,16-,19-/m0/s1. The zero-order valence-electron chi connectivity index (χ0n) is 16.3. The van der Waals surface area contributed by atoms with Crippen LogP contribution in [0.25, 0.3) is 11.3 Å². The minimum atomic E-state index is -5.39. The van der Waals surface area contributed by atoms with Crippen molar-refractivity contribution in [2.45, 2.75) is 17.9 Å². The van der Waals surface area contributed by atoms with E-state index < -0.39 is 40.6 Å². The summed E-state index contributed by atoms with van der Waals surface area (Å²) in [7, 11) is 0. The van der Waals surface area contributed by atoms with E-state index in [1.54, 1.807) is 0 Å². The lowest BCUT2D eigenvalue weighted by Gasteiger charge is -2.44. The molecule has 4 rings (SSSR count). The number of carbonyl (C=O) groups is 2. The summed E-state index contributed by atoms with van der Waals surface area (Å²) in [6, 6.07) is 7.61. The zero-order chi connectivity index (χ0) is 24.0. The summed E-state index contributed by atoms with van der Waals surface area (Å²) in [6.45, 7) is 0. The van der Waals surface area contributed by atoms with Crippen molar-refractivity contribution in [3.05, 3.63) is 74.7 Å². The van der Waals surface area contributed by atoms with Gasteiger partial charge >= 0.3 is 12.2 Å². The predicted molar refractivity (Wildman–Crippen MR) is 108 cm³/mol. The molecule has 0 saturated carbocycles. The molecule has 1 saturated heterocycles. The van der Waals surface area contributed by atoms with Gasteiger partial charge in [-0.2, -0.15) is 13.2 Å². The Kier molecular flexibility index (Phi) is 5.46. The van der Waals surface area contributed by atoms with Gasteiger partial charge in [-0.1, -0.05) is 18.2 Å². The summed E-state index contributed by atoms with van der Waals surface area (Å²) >= 11 is 0.878. The minimum absolute atomic E-state index is 0.0550. The number of urea groups is 1. The number of benzene rings is 1. The van der Waals surface area contributed by atoms with E-state index in [1.807, 2.05) is 0 Å². The van der Waals surface area contributed by atoms with E-state index in [9.17, 15) is 38.0 Å². The largest absolute Gasteiger partial charge is 0.459 e. The molecule has 3 N–H and O–H groups in total. The van der Waals surface area contributed by atoms with Gasteiger partial charge in [0.25, 0.3) is 5.69 Å². The first kappa shape index (κ1) is 22.5. The molecule has 0 bridgehead atoms. The number of nitrogens with zero attached hydrogens (tertiary/aromatic N) is 1. The molecule has 0 spiro atoms. The summed E-state index contributed by atoms with van der Waals surface area (Å²) < 4.78 is 47.3. The van der Waals surface area contributed by atoms with Gasteiger partial charge in [0.15, 0.2) is 5.78 Å². The highest BCUT2D eigenvalue weighted by Gasteiger charge is 2.67. The monoisotopic (exact) mass is 481 g/mol. The fraction of sp³-hybridized carbons (Fsp3) is 0.200. The fourth-order valence-electron chi connectivity index (χ4n) is 3.60. The molecule has 1 fully saturated rings. The second-order valence-corrected chi connectivity index (χ2v) is 8.12. The normalized spacial score (nSPS) is 23.0. The number of carbonyl (C=O) groups excluding carboxylic acids is 2. The second kappa shape index (κ2) is 8.01. The summed E-state index contributed by atoms with van der Waals surface area (Å²) in [6.07, 6.45) is -5.39. The van der Waals surface area contributed by atoms with Gasteiger partial charge in [0.1, 0.15) is 23.5 Å². The number of hydrogen-bond donors (Lipinski definition) is 3. The van der Waals surface area contributed by atoms with Gasteiger partial charge < -0.3 is 20.2 Å². The van der Waals surface area contributed by atoms with E-state index in [2.05, 4.69) is 5.32 Å². The molecule has 172 valence electrons.